The van der Waals surface area contributed by atoms with Crippen LogP contribution in [0.1, 0.15) is 33.6 Å². The maximum Gasteiger partial charge on any atom is 0.257 e. The van der Waals surface area contributed by atoms with E-state index in [-0.39, 0.29) is 17.6 Å². The summed E-state index contributed by atoms with van der Waals surface area (Å²) in [5.41, 5.74) is 9.38. The molecule has 0 atom stereocenters. The van der Waals surface area contributed by atoms with Crippen molar-refractivity contribution in [3.05, 3.63) is 52.7 Å². The standard InChI is InChI=1S/C23H28N4O4/c1-30-18-5-2-16(3-6-18)4-7-21(28)27-9-8-20-17(15-27)14-19(22(24)25-20)23(29)26-10-12-31-13-11-26/h2-3,5-6,14H,4,7-13,15H2,1H3,(H2,24,25). The fourth-order valence-electron chi connectivity index (χ4n) is 4.01. The number of carbonyl (C=O) groups excluding carboxylic acids is 2. The normalized spacial score (nSPS) is 16.0. The molecule has 1 aromatic carbocycles. The first-order valence-corrected chi connectivity index (χ1v) is 10.6. The molecule has 1 fully saturated rings. The Morgan fingerprint density at radius 3 is 2.58 bits per heavy atom. The van der Waals surface area contributed by atoms with E-state index in [0.717, 1.165) is 22.6 Å². The number of amides is 2. The third-order valence-corrected chi connectivity index (χ3v) is 5.87. The summed E-state index contributed by atoms with van der Waals surface area (Å²) in [5.74, 6) is 1.03. The summed E-state index contributed by atoms with van der Waals surface area (Å²) >= 11 is 0. The molecular formula is C23H28N4O4. The molecule has 0 aliphatic carbocycles. The number of benzene rings is 1. The number of nitrogen functional groups attached to an aromatic ring is 1. The number of anilines is 1. The first-order chi connectivity index (χ1) is 15.0. The lowest BCUT2D eigenvalue weighted by Crippen LogP contribution is -2.41. The van der Waals surface area contributed by atoms with Crippen molar-refractivity contribution in [2.75, 3.05) is 45.7 Å². The molecule has 2 aliphatic heterocycles. The lowest BCUT2D eigenvalue weighted by molar-refractivity contribution is -0.132. The second-order valence-corrected chi connectivity index (χ2v) is 7.84. The van der Waals surface area contributed by atoms with Crippen LogP contribution in [-0.2, 0) is 28.9 Å². The SMILES string of the molecule is COc1ccc(CCC(=O)N2CCc3nc(N)c(C(=O)N4CCOCC4)cc3C2)cc1. The van der Waals surface area contributed by atoms with Crippen LogP contribution in [0.15, 0.2) is 30.3 Å². The van der Waals surface area contributed by atoms with E-state index in [9.17, 15) is 9.59 Å². The van der Waals surface area contributed by atoms with E-state index < -0.39 is 0 Å². The number of methoxy groups -OCH3 is 1. The molecular weight excluding hydrogens is 396 g/mol. The minimum atomic E-state index is -0.126. The molecule has 31 heavy (non-hydrogen) atoms. The maximum absolute atomic E-state index is 12.9. The fourth-order valence-corrected chi connectivity index (χ4v) is 4.01. The van der Waals surface area contributed by atoms with Gasteiger partial charge in [-0.1, -0.05) is 12.1 Å². The van der Waals surface area contributed by atoms with E-state index in [4.69, 9.17) is 15.2 Å². The molecule has 164 valence electrons. The van der Waals surface area contributed by atoms with Crippen molar-refractivity contribution < 1.29 is 19.1 Å². The van der Waals surface area contributed by atoms with Gasteiger partial charge in [-0.15, -0.1) is 0 Å². The van der Waals surface area contributed by atoms with E-state index in [1.165, 1.54) is 0 Å². The van der Waals surface area contributed by atoms with Gasteiger partial charge in [0.25, 0.3) is 5.91 Å². The number of fused-ring (bicyclic) bond motifs is 1. The number of aryl methyl sites for hydroxylation is 1. The van der Waals surface area contributed by atoms with Gasteiger partial charge >= 0.3 is 0 Å². The van der Waals surface area contributed by atoms with Crippen LogP contribution in [0.25, 0.3) is 0 Å². The molecule has 2 N–H and O–H groups in total. The summed E-state index contributed by atoms with van der Waals surface area (Å²) in [7, 11) is 1.63. The van der Waals surface area contributed by atoms with Gasteiger partial charge < -0.3 is 25.0 Å². The van der Waals surface area contributed by atoms with Crippen LogP contribution in [0.3, 0.4) is 0 Å². The molecule has 2 amide bonds. The van der Waals surface area contributed by atoms with Gasteiger partial charge in [0.2, 0.25) is 5.91 Å². The molecule has 0 unspecified atom stereocenters. The van der Waals surface area contributed by atoms with Crippen LogP contribution < -0.4 is 10.5 Å². The Morgan fingerprint density at radius 2 is 1.87 bits per heavy atom. The number of nitrogens with two attached hydrogens (primary N) is 1. The Balaban J connectivity index is 1.41. The van der Waals surface area contributed by atoms with E-state index >= 15 is 0 Å². The summed E-state index contributed by atoms with van der Waals surface area (Å²) in [6, 6.07) is 9.58. The minimum absolute atomic E-state index is 0.0966. The van der Waals surface area contributed by atoms with Gasteiger partial charge in [0.05, 0.1) is 25.9 Å². The fraction of sp³-hybridized carbons (Fsp3) is 0.435. The zero-order chi connectivity index (χ0) is 21.8. The summed E-state index contributed by atoms with van der Waals surface area (Å²) in [6.45, 7) is 3.21. The Bertz CT molecular complexity index is 955. The predicted molar refractivity (Wildman–Crippen MR) is 116 cm³/mol. The number of hydrogen-bond donors (Lipinski definition) is 1. The minimum Gasteiger partial charge on any atom is -0.497 e. The molecule has 0 spiro atoms. The van der Waals surface area contributed by atoms with Crippen molar-refractivity contribution in [2.45, 2.75) is 25.8 Å². The van der Waals surface area contributed by atoms with Crippen LogP contribution in [0.5, 0.6) is 5.75 Å². The van der Waals surface area contributed by atoms with Gasteiger partial charge in [0.1, 0.15) is 11.6 Å². The Hall–Kier alpha value is -3.13. The van der Waals surface area contributed by atoms with Crippen molar-refractivity contribution in [1.29, 1.82) is 0 Å². The Morgan fingerprint density at radius 1 is 1.13 bits per heavy atom. The van der Waals surface area contributed by atoms with Crippen molar-refractivity contribution in [3.8, 4) is 5.75 Å². The van der Waals surface area contributed by atoms with Crippen LogP contribution >= 0.6 is 0 Å². The number of pyridine rings is 1. The third-order valence-electron chi connectivity index (χ3n) is 5.87. The molecule has 0 saturated carbocycles. The smallest absolute Gasteiger partial charge is 0.257 e. The Labute approximate surface area is 181 Å². The first kappa shape index (κ1) is 21.1. The average molecular weight is 425 g/mol. The lowest BCUT2D eigenvalue weighted by atomic mass is 10.0. The summed E-state index contributed by atoms with van der Waals surface area (Å²) in [4.78, 5) is 33.8. The average Bonchev–Trinajstić information content (AvgIpc) is 2.82. The van der Waals surface area contributed by atoms with E-state index in [1.807, 2.05) is 35.2 Å². The number of rotatable bonds is 5. The van der Waals surface area contributed by atoms with Crippen molar-refractivity contribution in [2.24, 2.45) is 0 Å². The number of hydrogen-bond acceptors (Lipinski definition) is 6. The number of nitrogens with zero attached hydrogens (tertiary/aromatic N) is 3. The van der Waals surface area contributed by atoms with Crippen molar-refractivity contribution >= 4 is 17.6 Å². The van der Waals surface area contributed by atoms with Crippen molar-refractivity contribution in [1.82, 2.24) is 14.8 Å². The van der Waals surface area contributed by atoms with E-state index in [0.29, 0.717) is 64.2 Å². The molecule has 2 aromatic rings. The largest absolute Gasteiger partial charge is 0.497 e. The van der Waals surface area contributed by atoms with Crippen LogP contribution in [0.4, 0.5) is 5.82 Å². The topological polar surface area (TPSA) is 98.0 Å². The van der Waals surface area contributed by atoms with Gasteiger partial charge in [0.15, 0.2) is 0 Å². The number of aromatic nitrogens is 1. The highest BCUT2D eigenvalue weighted by Crippen LogP contribution is 2.24. The second-order valence-electron chi connectivity index (χ2n) is 7.84. The first-order valence-electron chi connectivity index (χ1n) is 10.6. The Kier molecular flexibility index (Phi) is 6.36. The monoisotopic (exact) mass is 424 g/mol. The quantitative estimate of drug-likeness (QED) is 0.784. The lowest BCUT2D eigenvalue weighted by Gasteiger charge is -2.30. The van der Waals surface area contributed by atoms with Gasteiger partial charge in [-0.3, -0.25) is 9.59 Å². The highest BCUT2D eigenvalue weighted by Gasteiger charge is 2.26. The highest BCUT2D eigenvalue weighted by molar-refractivity contribution is 5.98. The number of carbonyl (C=O) groups is 2. The second kappa shape index (κ2) is 9.34. The van der Waals surface area contributed by atoms with Gasteiger partial charge in [-0.25, -0.2) is 4.98 Å². The zero-order valence-corrected chi connectivity index (χ0v) is 17.8. The van der Waals surface area contributed by atoms with Gasteiger partial charge in [-0.05, 0) is 35.7 Å². The molecule has 8 heteroatoms. The molecule has 1 saturated heterocycles. The predicted octanol–water partition coefficient (Wildman–Crippen LogP) is 1.66. The van der Waals surface area contributed by atoms with Gasteiger partial charge in [-0.2, -0.15) is 0 Å². The molecule has 0 radical (unpaired) electrons. The van der Waals surface area contributed by atoms with E-state index in [1.54, 1.807) is 12.0 Å². The molecule has 3 heterocycles. The van der Waals surface area contributed by atoms with Gasteiger partial charge in [0, 0.05) is 44.7 Å². The molecule has 2 aliphatic rings. The molecule has 4 rings (SSSR count). The maximum atomic E-state index is 12.9. The number of morpholine rings is 1. The number of ether oxygens (including phenoxy) is 2. The summed E-state index contributed by atoms with van der Waals surface area (Å²) in [5, 5.41) is 0. The van der Waals surface area contributed by atoms with Crippen LogP contribution in [-0.4, -0.2) is 66.6 Å². The molecule has 0 bridgehead atoms. The molecule has 8 nitrogen and oxygen atoms in total. The van der Waals surface area contributed by atoms with E-state index in [2.05, 4.69) is 4.98 Å². The van der Waals surface area contributed by atoms with Crippen LogP contribution in [0, 0.1) is 0 Å². The summed E-state index contributed by atoms with van der Waals surface area (Å²) in [6.07, 6.45) is 1.75. The third kappa shape index (κ3) is 4.80. The molecule has 1 aromatic heterocycles. The zero-order valence-electron chi connectivity index (χ0n) is 17.8. The van der Waals surface area contributed by atoms with Crippen molar-refractivity contribution in [3.63, 3.8) is 0 Å². The highest BCUT2D eigenvalue weighted by atomic mass is 16.5. The van der Waals surface area contributed by atoms with Crippen LogP contribution in [0.2, 0.25) is 0 Å². The summed E-state index contributed by atoms with van der Waals surface area (Å²) < 4.78 is 10.5.